The average molecular weight is 356 g/mol. The number of benzene rings is 1. The molecule has 1 heterocycles. The highest BCUT2D eigenvalue weighted by Gasteiger charge is 2.11. The molecule has 132 valence electrons. The number of aromatic nitrogens is 1. The Hall–Kier alpha value is -2.26. The van der Waals surface area contributed by atoms with Crippen LogP contribution in [0.5, 0.6) is 0 Å². The molecule has 0 fully saturated rings. The van der Waals surface area contributed by atoms with Gasteiger partial charge in [0.2, 0.25) is 5.69 Å². The summed E-state index contributed by atoms with van der Waals surface area (Å²) in [6.07, 6.45) is 1.18. The van der Waals surface area contributed by atoms with Crippen molar-refractivity contribution in [3.8, 4) is 0 Å². The first-order valence-electron chi connectivity index (χ1n) is 8.57. The molecule has 0 radical (unpaired) electrons. The third kappa shape index (κ3) is 4.86. The second-order valence-electron chi connectivity index (χ2n) is 6.47. The molecule has 0 amide bonds. The largest absolute Gasteiger partial charge is 0.372 e. The van der Waals surface area contributed by atoms with Gasteiger partial charge in [-0.25, -0.2) is 9.22 Å². The third-order valence-electron chi connectivity index (χ3n) is 4.08. The Morgan fingerprint density at radius 3 is 2.64 bits per heavy atom. The van der Waals surface area contributed by atoms with Crippen molar-refractivity contribution < 1.29 is 0 Å². The van der Waals surface area contributed by atoms with Crippen LogP contribution in [0.15, 0.2) is 28.4 Å². The predicted octanol–water partition coefficient (Wildman–Crippen LogP) is 6.60. The summed E-state index contributed by atoms with van der Waals surface area (Å²) in [5.74, 6) is 0.697. The summed E-state index contributed by atoms with van der Waals surface area (Å²) in [5, 5.41) is 9.14. The van der Waals surface area contributed by atoms with E-state index < -0.39 is 0 Å². The van der Waals surface area contributed by atoms with Crippen LogP contribution < -0.4 is 4.90 Å². The van der Waals surface area contributed by atoms with Crippen LogP contribution in [0.25, 0.3) is 4.85 Å². The van der Waals surface area contributed by atoms with Crippen LogP contribution in [-0.4, -0.2) is 17.5 Å². The average Bonchev–Trinajstić information content (AvgIpc) is 2.94. The van der Waals surface area contributed by atoms with Crippen molar-refractivity contribution >= 4 is 33.6 Å². The number of rotatable bonds is 7. The molecule has 0 saturated heterocycles. The maximum absolute atomic E-state index is 7.22. The van der Waals surface area contributed by atoms with Gasteiger partial charge in [0.05, 0.1) is 18.0 Å². The van der Waals surface area contributed by atoms with Crippen LogP contribution >= 0.6 is 11.5 Å². The van der Waals surface area contributed by atoms with Crippen LogP contribution in [0.1, 0.15) is 38.4 Å². The molecule has 25 heavy (non-hydrogen) atoms. The maximum atomic E-state index is 7.22. The molecule has 2 aromatic rings. The number of hydrogen-bond donors (Lipinski definition) is 0. The Morgan fingerprint density at radius 1 is 1.28 bits per heavy atom. The van der Waals surface area contributed by atoms with E-state index in [2.05, 4.69) is 57.3 Å². The number of anilines is 1. The summed E-state index contributed by atoms with van der Waals surface area (Å²) in [6.45, 7) is 19.8. The Balaban J connectivity index is 2.18. The second-order valence-corrected chi connectivity index (χ2v) is 7.22. The zero-order valence-electron chi connectivity index (χ0n) is 15.6. The lowest BCUT2D eigenvalue weighted by atomic mass is 10.1. The van der Waals surface area contributed by atoms with Crippen molar-refractivity contribution in [2.45, 2.75) is 41.0 Å². The van der Waals surface area contributed by atoms with Gasteiger partial charge in [0.15, 0.2) is 5.00 Å². The first-order chi connectivity index (χ1) is 12.0. The normalized spacial score (nSPS) is 11.2. The third-order valence-corrected chi connectivity index (χ3v) is 4.89. The van der Waals surface area contributed by atoms with Crippen molar-refractivity contribution in [2.75, 3.05) is 18.0 Å². The predicted molar refractivity (Wildman–Crippen MR) is 106 cm³/mol. The quantitative estimate of drug-likeness (QED) is 0.415. The van der Waals surface area contributed by atoms with E-state index in [4.69, 9.17) is 6.57 Å². The van der Waals surface area contributed by atoms with E-state index >= 15 is 0 Å². The number of nitrogens with zero attached hydrogens (tertiary/aromatic N) is 5. The number of hydrogen-bond acceptors (Lipinski definition) is 5. The van der Waals surface area contributed by atoms with Gasteiger partial charge in [-0.1, -0.05) is 13.8 Å². The number of azo groups is 1. The molecule has 0 aliphatic heterocycles. The summed E-state index contributed by atoms with van der Waals surface area (Å²) in [7, 11) is 0. The number of aryl methyl sites for hydroxylation is 2. The fourth-order valence-electron chi connectivity index (χ4n) is 2.48. The van der Waals surface area contributed by atoms with E-state index in [-0.39, 0.29) is 0 Å². The van der Waals surface area contributed by atoms with Crippen molar-refractivity contribution in [2.24, 2.45) is 16.1 Å². The van der Waals surface area contributed by atoms with Gasteiger partial charge in [0.25, 0.3) is 0 Å². The molecule has 0 atom stereocenters. The summed E-state index contributed by atoms with van der Waals surface area (Å²) in [4.78, 5) is 5.87. The molecule has 0 unspecified atom stereocenters. The minimum atomic E-state index is 0.494. The molecule has 2 rings (SSSR count). The van der Waals surface area contributed by atoms with Crippen molar-refractivity contribution in [3.05, 3.63) is 40.9 Å². The zero-order chi connectivity index (χ0) is 18.4. The molecule has 0 aliphatic rings. The van der Waals surface area contributed by atoms with Crippen LogP contribution in [0.4, 0.5) is 22.1 Å². The van der Waals surface area contributed by atoms with E-state index in [9.17, 15) is 0 Å². The van der Waals surface area contributed by atoms with Gasteiger partial charge in [-0.05, 0) is 68.4 Å². The maximum Gasteiger partial charge on any atom is 0.247 e. The van der Waals surface area contributed by atoms with E-state index in [0.29, 0.717) is 22.3 Å². The Labute approximate surface area is 154 Å². The fourth-order valence-corrected chi connectivity index (χ4v) is 3.15. The zero-order valence-corrected chi connectivity index (χ0v) is 16.4. The standard InChI is InChI=1S/C19H25N5S/c1-7-24(11-10-13(2)3)16-8-9-17(14(4)12-16)21-22-19-18(20-6)15(5)23-25-19/h8-9,12-13H,7,10-11H2,1-5H3. The molecule has 0 spiro atoms. The molecule has 1 aromatic carbocycles. The van der Waals surface area contributed by atoms with Gasteiger partial charge in [0, 0.05) is 18.8 Å². The molecule has 6 heteroatoms. The highest BCUT2D eigenvalue weighted by atomic mass is 32.1. The molecule has 5 nitrogen and oxygen atoms in total. The first kappa shape index (κ1) is 19.1. The van der Waals surface area contributed by atoms with Gasteiger partial charge in [-0.2, -0.15) is 5.11 Å². The van der Waals surface area contributed by atoms with Gasteiger partial charge < -0.3 is 4.90 Å². The van der Waals surface area contributed by atoms with Gasteiger partial charge >= 0.3 is 0 Å². The minimum Gasteiger partial charge on any atom is -0.372 e. The van der Waals surface area contributed by atoms with Gasteiger partial charge in [-0.3, -0.25) is 0 Å². The smallest absolute Gasteiger partial charge is 0.247 e. The Bertz CT molecular complexity index is 786. The van der Waals surface area contributed by atoms with Crippen LogP contribution in [0.2, 0.25) is 0 Å². The molecule has 0 aliphatic carbocycles. The monoisotopic (exact) mass is 355 g/mol. The first-order valence-corrected chi connectivity index (χ1v) is 9.34. The lowest BCUT2D eigenvalue weighted by Gasteiger charge is -2.24. The summed E-state index contributed by atoms with van der Waals surface area (Å²) in [6, 6.07) is 6.25. The summed E-state index contributed by atoms with van der Waals surface area (Å²) < 4.78 is 4.17. The lowest BCUT2D eigenvalue weighted by molar-refractivity contribution is 0.576. The SMILES string of the molecule is [C-]#[N+]c1c(C)nsc1N=Nc1ccc(N(CC)CCC(C)C)cc1C. The molecule has 0 saturated carbocycles. The molecular weight excluding hydrogens is 330 g/mol. The Morgan fingerprint density at radius 2 is 2.04 bits per heavy atom. The summed E-state index contributed by atoms with van der Waals surface area (Å²) in [5.41, 5.74) is 4.33. The molecule has 1 aromatic heterocycles. The highest BCUT2D eigenvalue weighted by Crippen LogP contribution is 2.37. The van der Waals surface area contributed by atoms with Crippen molar-refractivity contribution in [1.82, 2.24) is 4.37 Å². The topological polar surface area (TPSA) is 45.2 Å². The fraction of sp³-hybridized carbons (Fsp3) is 0.474. The van der Waals surface area contributed by atoms with E-state index in [1.165, 1.54) is 23.6 Å². The Kier molecular flexibility index (Phi) is 6.65. The second kappa shape index (κ2) is 8.72. The highest BCUT2D eigenvalue weighted by molar-refractivity contribution is 7.10. The summed E-state index contributed by atoms with van der Waals surface area (Å²) >= 11 is 1.21. The van der Waals surface area contributed by atoms with Gasteiger partial charge in [0.1, 0.15) is 0 Å². The van der Waals surface area contributed by atoms with Crippen molar-refractivity contribution in [1.29, 1.82) is 0 Å². The van der Waals surface area contributed by atoms with Crippen LogP contribution in [0, 0.1) is 26.3 Å². The molecule has 0 bridgehead atoms. The van der Waals surface area contributed by atoms with E-state index in [1.807, 2.05) is 19.9 Å². The van der Waals surface area contributed by atoms with E-state index in [0.717, 1.165) is 24.3 Å². The van der Waals surface area contributed by atoms with Crippen molar-refractivity contribution in [3.63, 3.8) is 0 Å². The molecular formula is C19H25N5S. The van der Waals surface area contributed by atoms with Gasteiger partial charge in [-0.15, -0.1) is 5.11 Å². The van der Waals surface area contributed by atoms with Crippen LogP contribution in [0.3, 0.4) is 0 Å². The minimum absolute atomic E-state index is 0.494. The van der Waals surface area contributed by atoms with E-state index in [1.54, 1.807) is 0 Å². The lowest BCUT2D eigenvalue weighted by Crippen LogP contribution is -2.24. The van der Waals surface area contributed by atoms with Crippen LogP contribution in [-0.2, 0) is 0 Å². The molecule has 0 N–H and O–H groups in total.